The Labute approximate surface area is 139 Å². The number of nitrogens with one attached hydrogen (secondary N) is 1. The molecule has 3 rings (SSSR count). The molecule has 1 saturated carbocycles. The Balaban J connectivity index is 2.11. The summed E-state index contributed by atoms with van der Waals surface area (Å²) in [5.41, 5.74) is 1.98. The molecule has 1 aliphatic carbocycles. The van der Waals surface area contributed by atoms with E-state index in [0.717, 1.165) is 29.5 Å². The van der Waals surface area contributed by atoms with Gasteiger partial charge in [0.15, 0.2) is 0 Å². The highest BCUT2D eigenvalue weighted by Crippen LogP contribution is 2.37. The quantitative estimate of drug-likeness (QED) is 0.859. The molecule has 0 atom stereocenters. The molecule has 1 fully saturated rings. The molecule has 0 aliphatic heterocycles. The van der Waals surface area contributed by atoms with Crippen LogP contribution < -0.4 is 5.56 Å². The topological polar surface area (TPSA) is 70.2 Å². The highest BCUT2D eigenvalue weighted by Gasteiger charge is 2.23. The number of aryl methyl sites for hydroxylation is 1. The number of aliphatic carboxylic acids is 1. The van der Waals surface area contributed by atoms with E-state index in [1.165, 1.54) is 12.8 Å². The van der Waals surface area contributed by atoms with E-state index in [-0.39, 0.29) is 12.0 Å². The summed E-state index contributed by atoms with van der Waals surface area (Å²) in [6.45, 7) is 0. The number of hydrogen-bond donors (Lipinski definition) is 2. The second kappa shape index (κ2) is 6.75. The fourth-order valence-electron chi connectivity index (χ4n) is 3.62. The first kappa shape index (κ1) is 16.1. The van der Waals surface area contributed by atoms with E-state index < -0.39 is 5.97 Å². The van der Waals surface area contributed by atoms with Crippen molar-refractivity contribution in [3.63, 3.8) is 0 Å². The first-order valence-electron chi connectivity index (χ1n) is 8.12. The van der Waals surface area contributed by atoms with Gasteiger partial charge in [-0.2, -0.15) is 0 Å². The van der Waals surface area contributed by atoms with Gasteiger partial charge in [0.25, 0.3) is 5.56 Å². The summed E-state index contributed by atoms with van der Waals surface area (Å²) in [7, 11) is 0. The monoisotopic (exact) mass is 333 g/mol. The van der Waals surface area contributed by atoms with Crippen LogP contribution in [0.3, 0.4) is 0 Å². The second-order valence-electron chi connectivity index (χ2n) is 6.26. The number of carbonyl (C=O) groups is 1. The van der Waals surface area contributed by atoms with Gasteiger partial charge in [-0.3, -0.25) is 9.59 Å². The summed E-state index contributed by atoms with van der Waals surface area (Å²) >= 11 is 6.13. The minimum absolute atomic E-state index is 0.0828. The van der Waals surface area contributed by atoms with Gasteiger partial charge in [0, 0.05) is 22.5 Å². The molecule has 0 radical (unpaired) electrons. The molecule has 1 heterocycles. The normalized spacial score (nSPS) is 15.3. The summed E-state index contributed by atoms with van der Waals surface area (Å²) in [6, 6.07) is 5.30. The third kappa shape index (κ3) is 3.42. The van der Waals surface area contributed by atoms with Crippen LogP contribution in [0.4, 0.5) is 0 Å². The summed E-state index contributed by atoms with van der Waals surface area (Å²) in [4.78, 5) is 26.3. The van der Waals surface area contributed by atoms with Gasteiger partial charge in [-0.05, 0) is 60.7 Å². The second-order valence-corrected chi connectivity index (χ2v) is 6.70. The standard InChI is InChI=1S/C18H20ClNO3/c19-12-8-9-14-15(10-12)13(6-3-7-16(21)22)17(20-18(14)23)11-4-1-2-5-11/h8-11H,1-7H2,(H,20,23)(H,21,22). The smallest absolute Gasteiger partial charge is 0.303 e. The van der Waals surface area contributed by atoms with Crippen molar-refractivity contribution in [2.75, 3.05) is 0 Å². The van der Waals surface area contributed by atoms with Gasteiger partial charge >= 0.3 is 5.97 Å². The zero-order valence-electron chi connectivity index (χ0n) is 12.9. The van der Waals surface area contributed by atoms with Crippen molar-refractivity contribution >= 4 is 28.3 Å². The maximum absolute atomic E-state index is 12.4. The predicted octanol–water partition coefficient (Wildman–Crippen LogP) is 4.25. The highest BCUT2D eigenvalue weighted by molar-refractivity contribution is 6.31. The fourth-order valence-corrected chi connectivity index (χ4v) is 3.80. The Morgan fingerprint density at radius 2 is 2.00 bits per heavy atom. The minimum atomic E-state index is -0.792. The lowest BCUT2D eigenvalue weighted by atomic mass is 9.92. The third-order valence-corrected chi connectivity index (χ3v) is 4.94. The van der Waals surface area contributed by atoms with Crippen LogP contribution in [-0.4, -0.2) is 16.1 Å². The Morgan fingerprint density at radius 1 is 1.26 bits per heavy atom. The number of fused-ring (bicyclic) bond motifs is 1. The Bertz CT molecular complexity index is 791. The molecule has 1 aliphatic rings. The van der Waals surface area contributed by atoms with E-state index in [1.807, 2.05) is 6.07 Å². The highest BCUT2D eigenvalue weighted by atomic mass is 35.5. The van der Waals surface area contributed by atoms with Crippen LogP contribution in [0.5, 0.6) is 0 Å². The van der Waals surface area contributed by atoms with Crippen LogP contribution >= 0.6 is 11.6 Å². The number of H-pyrrole nitrogens is 1. The molecule has 0 saturated heterocycles. The molecule has 0 bridgehead atoms. The molecule has 23 heavy (non-hydrogen) atoms. The molecule has 2 aromatic rings. The Kier molecular flexibility index (Phi) is 4.71. The lowest BCUT2D eigenvalue weighted by Gasteiger charge is -2.17. The van der Waals surface area contributed by atoms with Gasteiger partial charge in [0.05, 0.1) is 0 Å². The molecule has 1 aromatic carbocycles. The van der Waals surface area contributed by atoms with Crippen LogP contribution in [0.1, 0.15) is 55.7 Å². The first-order valence-corrected chi connectivity index (χ1v) is 8.50. The molecule has 0 amide bonds. The molecule has 4 nitrogen and oxygen atoms in total. The maximum atomic E-state index is 12.4. The van der Waals surface area contributed by atoms with E-state index >= 15 is 0 Å². The van der Waals surface area contributed by atoms with E-state index in [4.69, 9.17) is 16.7 Å². The lowest BCUT2D eigenvalue weighted by Crippen LogP contribution is -2.15. The number of pyridine rings is 1. The van der Waals surface area contributed by atoms with Crippen LogP contribution in [-0.2, 0) is 11.2 Å². The number of aromatic nitrogens is 1. The average molecular weight is 334 g/mol. The van der Waals surface area contributed by atoms with E-state index in [2.05, 4.69) is 4.98 Å². The molecule has 0 unspecified atom stereocenters. The van der Waals surface area contributed by atoms with Gasteiger partial charge in [-0.25, -0.2) is 0 Å². The number of rotatable bonds is 5. The first-order chi connectivity index (χ1) is 11.1. The lowest BCUT2D eigenvalue weighted by molar-refractivity contribution is -0.137. The Morgan fingerprint density at radius 3 is 2.70 bits per heavy atom. The number of benzene rings is 1. The average Bonchev–Trinajstić information content (AvgIpc) is 3.03. The number of carboxylic acids is 1. The fraction of sp³-hybridized carbons (Fsp3) is 0.444. The van der Waals surface area contributed by atoms with E-state index in [1.54, 1.807) is 12.1 Å². The van der Waals surface area contributed by atoms with Crippen LogP contribution in [0.25, 0.3) is 10.8 Å². The van der Waals surface area contributed by atoms with Crippen molar-refractivity contribution in [2.24, 2.45) is 0 Å². The summed E-state index contributed by atoms with van der Waals surface area (Å²) < 4.78 is 0. The van der Waals surface area contributed by atoms with Gasteiger partial charge in [-0.1, -0.05) is 24.4 Å². The SMILES string of the molecule is O=C(O)CCCc1c(C2CCCC2)[nH]c(=O)c2ccc(Cl)cc12. The van der Waals surface area contributed by atoms with Gasteiger partial charge in [0.2, 0.25) is 0 Å². The molecule has 2 N–H and O–H groups in total. The number of carboxylic acid groups (broad SMARTS) is 1. The molecule has 1 aromatic heterocycles. The van der Waals surface area contributed by atoms with Crippen molar-refractivity contribution < 1.29 is 9.90 Å². The molecule has 122 valence electrons. The van der Waals surface area contributed by atoms with Gasteiger partial charge < -0.3 is 10.1 Å². The van der Waals surface area contributed by atoms with Crippen LogP contribution in [0.2, 0.25) is 5.02 Å². The summed E-state index contributed by atoms with van der Waals surface area (Å²) in [5.74, 6) is -0.426. The van der Waals surface area contributed by atoms with Crippen molar-refractivity contribution in [2.45, 2.75) is 50.9 Å². The van der Waals surface area contributed by atoms with Crippen LogP contribution in [0.15, 0.2) is 23.0 Å². The molecular formula is C18H20ClNO3. The molecular weight excluding hydrogens is 314 g/mol. The van der Waals surface area contributed by atoms with Crippen molar-refractivity contribution in [3.8, 4) is 0 Å². The zero-order chi connectivity index (χ0) is 16.4. The summed E-state index contributed by atoms with van der Waals surface area (Å²) in [5, 5.41) is 11.0. The van der Waals surface area contributed by atoms with Crippen LogP contribution in [0, 0.1) is 0 Å². The Hall–Kier alpha value is -1.81. The summed E-state index contributed by atoms with van der Waals surface area (Å²) in [6.07, 6.45) is 5.84. The maximum Gasteiger partial charge on any atom is 0.303 e. The minimum Gasteiger partial charge on any atom is -0.481 e. The van der Waals surface area contributed by atoms with Gasteiger partial charge in [-0.15, -0.1) is 0 Å². The molecule has 5 heteroatoms. The van der Waals surface area contributed by atoms with Gasteiger partial charge in [0.1, 0.15) is 0 Å². The third-order valence-electron chi connectivity index (χ3n) is 4.71. The van der Waals surface area contributed by atoms with Crippen molar-refractivity contribution in [1.82, 2.24) is 4.98 Å². The predicted molar refractivity (Wildman–Crippen MR) is 91.4 cm³/mol. The van der Waals surface area contributed by atoms with Crippen molar-refractivity contribution in [3.05, 3.63) is 44.8 Å². The van der Waals surface area contributed by atoms with E-state index in [0.29, 0.717) is 29.2 Å². The number of hydrogen-bond acceptors (Lipinski definition) is 2. The number of halogens is 1. The molecule has 0 spiro atoms. The van der Waals surface area contributed by atoms with Crippen molar-refractivity contribution in [1.29, 1.82) is 0 Å². The largest absolute Gasteiger partial charge is 0.481 e. The zero-order valence-corrected chi connectivity index (χ0v) is 13.7. The van der Waals surface area contributed by atoms with E-state index in [9.17, 15) is 9.59 Å². The number of aromatic amines is 1.